The second-order valence-electron chi connectivity index (χ2n) is 1.65. The molecule has 1 aromatic heterocycles. The average molecular weight is 162 g/mol. The van der Waals surface area contributed by atoms with E-state index in [9.17, 15) is 13.2 Å². The van der Waals surface area contributed by atoms with Crippen molar-refractivity contribution in [1.29, 1.82) is 0 Å². The zero-order valence-corrected chi connectivity index (χ0v) is 5.22. The van der Waals surface area contributed by atoms with E-state index >= 15 is 0 Å². The topological polar surface area (TPSA) is 22.1 Å². The van der Waals surface area contributed by atoms with E-state index in [4.69, 9.17) is 0 Å². The molecule has 1 radical (unpaired) electrons. The second-order valence-corrected chi connectivity index (χ2v) is 1.65. The van der Waals surface area contributed by atoms with Crippen LogP contribution in [0.3, 0.4) is 0 Å². The molecular weight excluding hydrogens is 159 g/mol. The molecule has 0 unspecified atom stereocenters. The predicted octanol–water partition coefficient (Wildman–Crippen LogP) is 1.78. The number of rotatable bonds is 1. The monoisotopic (exact) mass is 162 g/mol. The van der Waals surface area contributed by atoms with Gasteiger partial charge in [-0.15, -0.1) is 13.2 Å². The van der Waals surface area contributed by atoms with Crippen LogP contribution >= 0.6 is 0 Å². The summed E-state index contributed by atoms with van der Waals surface area (Å²) in [5, 5.41) is 0. The maximum Gasteiger partial charge on any atom is 0.573 e. The Morgan fingerprint density at radius 3 is 2.64 bits per heavy atom. The van der Waals surface area contributed by atoms with E-state index < -0.39 is 12.1 Å². The fourth-order valence-electron chi connectivity index (χ4n) is 0.491. The first kappa shape index (κ1) is 7.84. The molecular formula is C6H3F3NO. The third-order valence-corrected chi connectivity index (χ3v) is 0.804. The van der Waals surface area contributed by atoms with E-state index in [1.807, 2.05) is 0 Å². The zero-order chi connectivity index (χ0) is 8.32. The van der Waals surface area contributed by atoms with Gasteiger partial charge in [0, 0.05) is 12.3 Å². The van der Waals surface area contributed by atoms with E-state index in [-0.39, 0.29) is 0 Å². The van der Waals surface area contributed by atoms with Crippen molar-refractivity contribution in [2.75, 3.05) is 0 Å². The standard InChI is InChI=1S/C6H3F3NO/c7-6(8,9)11-5-2-1-3-10-4-5/h1,3-4H. The minimum atomic E-state index is -4.67. The molecule has 0 fully saturated rings. The summed E-state index contributed by atoms with van der Waals surface area (Å²) in [6, 6.07) is 3.46. The number of alkyl halides is 3. The van der Waals surface area contributed by atoms with Crippen molar-refractivity contribution in [3.05, 3.63) is 24.5 Å². The lowest BCUT2D eigenvalue weighted by atomic mass is 10.5. The number of halogens is 3. The number of hydrogen-bond donors (Lipinski definition) is 0. The largest absolute Gasteiger partial charge is 0.573 e. The van der Waals surface area contributed by atoms with Crippen LogP contribution in [0.5, 0.6) is 5.75 Å². The smallest absolute Gasteiger partial charge is 0.403 e. The first-order valence-electron chi connectivity index (χ1n) is 2.65. The van der Waals surface area contributed by atoms with Gasteiger partial charge in [-0.3, -0.25) is 4.98 Å². The number of pyridine rings is 1. The molecule has 5 heteroatoms. The molecule has 0 atom stereocenters. The van der Waals surface area contributed by atoms with Crippen LogP contribution in [0.1, 0.15) is 0 Å². The summed E-state index contributed by atoms with van der Waals surface area (Å²) in [4.78, 5) is 3.41. The first-order valence-corrected chi connectivity index (χ1v) is 2.65. The molecule has 0 amide bonds. The summed E-state index contributed by atoms with van der Waals surface area (Å²) in [5.74, 6) is -0.431. The molecule has 59 valence electrons. The molecule has 0 N–H and O–H groups in total. The number of nitrogens with zero attached hydrogens (tertiary/aromatic N) is 1. The van der Waals surface area contributed by atoms with Crippen molar-refractivity contribution in [1.82, 2.24) is 4.98 Å². The van der Waals surface area contributed by atoms with Crippen molar-refractivity contribution in [3.63, 3.8) is 0 Å². The predicted molar refractivity (Wildman–Crippen MR) is 29.8 cm³/mol. The third-order valence-electron chi connectivity index (χ3n) is 0.804. The fourth-order valence-corrected chi connectivity index (χ4v) is 0.491. The minimum Gasteiger partial charge on any atom is -0.403 e. The van der Waals surface area contributed by atoms with Crippen molar-refractivity contribution < 1.29 is 17.9 Å². The molecule has 11 heavy (non-hydrogen) atoms. The van der Waals surface area contributed by atoms with Crippen molar-refractivity contribution in [2.45, 2.75) is 6.36 Å². The Labute approximate surface area is 60.6 Å². The molecule has 0 bridgehead atoms. The fraction of sp³-hybridized carbons (Fsp3) is 0.167. The van der Waals surface area contributed by atoms with Gasteiger partial charge in [-0.2, -0.15) is 0 Å². The minimum absolute atomic E-state index is 0.431. The maximum absolute atomic E-state index is 11.5. The highest BCUT2D eigenvalue weighted by Gasteiger charge is 2.31. The highest BCUT2D eigenvalue weighted by Crippen LogP contribution is 2.20. The molecule has 0 aliphatic heterocycles. The molecule has 0 aromatic carbocycles. The normalized spacial score (nSPS) is 11.2. The van der Waals surface area contributed by atoms with Crippen LogP contribution in [0.25, 0.3) is 0 Å². The summed E-state index contributed by atoms with van der Waals surface area (Å²) >= 11 is 0. The van der Waals surface area contributed by atoms with Gasteiger partial charge < -0.3 is 4.74 Å². The summed E-state index contributed by atoms with van der Waals surface area (Å²) in [5.41, 5.74) is 0. The number of hydrogen-bond acceptors (Lipinski definition) is 2. The molecule has 1 heterocycles. The molecule has 1 aromatic rings. The average Bonchev–Trinajstić information content (AvgIpc) is 1.85. The van der Waals surface area contributed by atoms with E-state index in [0.29, 0.717) is 0 Å². The van der Waals surface area contributed by atoms with E-state index in [1.54, 1.807) is 0 Å². The quantitative estimate of drug-likeness (QED) is 0.627. The molecule has 0 aliphatic rings. The maximum atomic E-state index is 11.5. The Kier molecular flexibility index (Phi) is 1.98. The first-order chi connectivity index (χ1) is 5.08. The van der Waals surface area contributed by atoms with Crippen LogP contribution in [-0.4, -0.2) is 11.3 Å². The van der Waals surface area contributed by atoms with Gasteiger partial charge in [0.05, 0.1) is 6.20 Å². The molecule has 0 aliphatic carbocycles. The summed E-state index contributed by atoms with van der Waals surface area (Å²) in [7, 11) is 0. The molecule has 0 saturated carbocycles. The zero-order valence-electron chi connectivity index (χ0n) is 5.22. The van der Waals surface area contributed by atoms with Gasteiger partial charge >= 0.3 is 6.36 Å². The molecule has 0 spiro atoms. The van der Waals surface area contributed by atoms with Crippen molar-refractivity contribution in [3.8, 4) is 5.75 Å². The lowest BCUT2D eigenvalue weighted by Crippen LogP contribution is -2.17. The summed E-state index contributed by atoms with van der Waals surface area (Å²) in [6.45, 7) is 0. The third kappa shape index (κ3) is 2.88. The Bertz CT molecular complexity index is 221. The molecule has 1 rings (SSSR count). The van der Waals surface area contributed by atoms with Crippen molar-refractivity contribution in [2.24, 2.45) is 0 Å². The van der Waals surface area contributed by atoms with Gasteiger partial charge in [0.15, 0.2) is 5.75 Å². The van der Waals surface area contributed by atoms with Crippen LogP contribution in [0, 0.1) is 6.07 Å². The van der Waals surface area contributed by atoms with Gasteiger partial charge in [-0.1, -0.05) is 0 Å². The van der Waals surface area contributed by atoms with Gasteiger partial charge in [0.25, 0.3) is 0 Å². The van der Waals surface area contributed by atoms with Crippen molar-refractivity contribution >= 4 is 0 Å². The van der Waals surface area contributed by atoms with E-state index in [2.05, 4.69) is 15.8 Å². The Balaban J connectivity index is 2.66. The molecule has 2 nitrogen and oxygen atoms in total. The van der Waals surface area contributed by atoms with Crippen LogP contribution in [-0.2, 0) is 0 Å². The lowest BCUT2D eigenvalue weighted by molar-refractivity contribution is -0.274. The van der Waals surface area contributed by atoms with Crippen LogP contribution in [0.2, 0.25) is 0 Å². The van der Waals surface area contributed by atoms with Crippen LogP contribution in [0.15, 0.2) is 18.5 Å². The Morgan fingerprint density at radius 1 is 1.45 bits per heavy atom. The van der Waals surface area contributed by atoms with E-state index in [0.717, 1.165) is 6.20 Å². The summed E-state index contributed by atoms with van der Waals surface area (Å²) < 4.78 is 37.9. The van der Waals surface area contributed by atoms with Crippen LogP contribution < -0.4 is 4.74 Å². The second kappa shape index (κ2) is 2.77. The van der Waals surface area contributed by atoms with E-state index in [1.165, 1.54) is 12.3 Å². The SMILES string of the molecule is FC(F)(F)Oc1[c]ccnc1. The highest BCUT2D eigenvalue weighted by molar-refractivity contribution is 5.13. The van der Waals surface area contributed by atoms with Gasteiger partial charge in [-0.25, -0.2) is 0 Å². The number of ether oxygens (including phenoxy) is 1. The van der Waals surface area contributed by atoms with Gasteiger partial charge in [0.1, 0.15) is 0 Å². The molecule has 0 saturated heterocycles. The summed E-state index contributed by atoms with van der Waals surface area (Å²) in [6.07, 6.45) is -2.42. The lowest BCUT2D eigenvalue weighted by Gasteiger charge is -2.06. The Hall–Kier alpha value is -1.26. The number of aromatic nitrogens is 1. The van der Waals surface area contributed by atoms with Gasteiger partial charge in [0.2, 0.25) is 0 Å². The highest BCUT2D eigenvalue weighted by atomic mass is 19.4. The van der Waals surface area contributed by atoms with Crippen LogP contribution in [0.4, 0.5) is 13.2 Å². The Morgan fingerprint density at radius 2 is 2.18 bits per heavy atom. The van der Waals surface area contributed by atoms with Gasteiger partial charge in [-0.05, 0) is 6.07 Å².